The average molecular weight is 431 g/mol. The zero-order valence-corrected chi connectivity index (χ0v) is 17.4. The Kier molecular flexibility index (Phi) is 6.82. The third-order valence-corrected chi connectivity index (χ3v) is 6.55. The Balaban J connectivity index is 1.53. The van der Waals surface area contributed by atoms with Gasteiger partial charge in [-0.25, -0.2) is 8.78 Å². The molecule has 2 aliphatic heterocycles. The van der Waals surface area contributed by atoms with E-state index in [9.17, 15) is 13.6 Å². The number of hydrogen-bond acceptors (Lipinski definition) is 4. The molecule has 30 heavy (non-hydrogen) atoms. The molecule has 1 atom stereocenters. The molecule has 2 heterocycles. The number of nitrogens with zero attached hydrogens (tertiary/aromatic N) is 2. The molecule has 158 valence electrons. The predicted molar refractivity (Wildman–Crippen MR) is 115 cm³/mol. The van der Waals surface area contributed by atoms with Crippen LogP contribution >= 0.6 is 11.8 Å². The molecule has 2 aliphatic rings. The van der Waals surface area contributed by atoms with Gasteiger partial charge in [0.1, 0.15) is 17.0 Å². The first-order valence-electron chi connectivity index (χ1n) is 10.1. The summed E-state index contributed by atoms with van der Waals surface area (Å²) in [6, 6.07) is 12.5. The maximum Gasteiger partial charge on any atom is 0.261 e. The van der Waals surface area contributed by atoms with E-state index in [0.717, 1.165) is 44.8 Å². The summed E-state index contributed by atoms with van der Waals surface area (Å²) in [5, 5.41) is -0.294. The highest BCUT2D eigenvalue weighted by Gasteiger charge is 2.37. The van der Waals surface area contributed by atoms with Crippen molar-refractivity contribution in [2.24, 2.45) is 0 Å². The minimum Gasteiger partial charge on any atom is -0.379 e. The normalized spacial score (nSPS) is 21.5. The van der Waals surface area contributed by atoms with Gasteiger partial charge in [0.2, 0.25) is 0 Å². The molecule has 0 aliphatic carbocycles. The molecule has 4 nitrogen and oxygen atoms in total. The number of rotatable bonds is 6. The number of halogens is 2. The second kappa shape index (κ2) is 9.73. The lowest BCUT2D eigenvalue weighted by atomic mass is 10.1. The summed E-state index contributed by atoms with van der Waals surface area (Å²) in [4.78, 5) is 17.8. The van der Waals surface area contributed by atoms with E-state index < -0.39 is 0 Å². The van der Waals surface area contributed by atoms with Crippen molar-refractivity contribution < 1.29 is 18.3 Å². The predicted octanol–water partition coefficient (Wildman–Crippen LogP) is 4.30. The lowest BCUT2D eigenvalue weighted by Crippen LogP contribution is -2.38. The van der Waals surface area contributed by atoms with Gasteiger partial charge in [0.25, 0.3) is 5.91 Å². The van der Waals surface area contributed by atoms with E-state index in [1.165, 1.54) is 36.0 Å². The number of carbonyl (C=O) groups excluding carboxylic acids is 1. The minimum absolute atomic E-state index is 0.0968. The van der Waals surface area contributed by atoms with Crippen LogP contribution in [0.2, 0.25) is 0 Å². The summed E-state index contributed by atoms with van der Waals surface area (Å²) in [5.74, 6) is -0.763. The molecule has 2 fully saturated rings. The van der Waals surface area contributed by atoms with Crippen LogP contribution in [0.4, 0.5) is 8.78 Å². The first-order chi connectivity index (χ1) is 14.6. The molecule has 0 spiro atoms. The summed E-state index contributed by atoms with van der Waals surface area (Å²) in [5.41, 5.74) is 1.39. The van der Waals surface area contributed by atoms with Gasteiger partial charge < -0.3 is 9.64 Å². The second-order valence-electron chi connectivity index (χ2n) is 7.39. The van der Waals surface area contributed by atoms with Crippen molar-refractivity contribution in [2.75, 3.05) is 39.4 Å². The number of thioether (sulfide) groups is 1. The third-order valence-electron chi connectivity index (χ3n) is 5.25. The van der Waals surface area contributed by atoms with Crippen LogP contribution in [0.1, 0.15) is 22.9 Å². The highest BCUT2D eigenvalue weighted by atomic mass is 32.2. The fourth-order valence-electron chi connectivity index (χ4n) is 3.74. The van der Waals surface area contributed by atoms with Crippen molar-refractivity contribution >= 4 is 23.7 Å². The molecule has 1 amide bonds. The Labute approximate surface area is 179 Å². The Morgan fingerprint density at radius 3 is 2.50 bits per heavy atom. The maximum absolute atomic E-state index is 13.8. The van der Waals surface area contributed by atoms with E-state index in [1.54, 1.807) is 29.2 Å². The molecule has 2 aromatic rings. The van der Waals surface area contributed by atoms with Gasteiger partial charge in [-0.1, -0.05) is 36.0 Å². The molecule has 2 aromatic carbocycles. The molecule has 2 saturated heterocycles. The number of morpholine rings is 1. The molecule has 0 bridgehead atoms. The summed E-state index contributed by atoms with van der Waals surface area (Å²) < 4.78 is 32.8. The van der Waals surface area contributed by atoms with Crippen LogP contribution in [0.25, 0.3) is 6.08 Å². The Morgan fingerprint density at radius 1 is 1.03 bits per heavy atom. The summed E-state index contributed by atoms with van der Waals surface area (Å²) in [7, 11) is 0. The topological polar surface area (TPSA) is 32.8 Å². The van der Waals surface area contributed by atoms with Crippen LogP contribution in [0.5, 0.6) is 0 Å². The van der Waals surface area contributed by atoms with E-state index in [4.69, 9.17) is 4.74 Å². The van der Waals surface area contributed by atoms with Crippen molar-refractivity contribution in [1.82, 2.24) is 9.80 Å². The molecule has 7 heteroatoms. The number of amides is 1. The van der Waals surface area contributed by atoms with Gasteiger partial charge in [-0.15, -0.1) is 0 Å². The summed E-state index contributed by atoms with van der Waals surface area (Å²) in [6.07, 6.45) is 2.54. The van der Waals surface area contributed by atoms with Gasteiger partial charge in [0.05, 0.1) is 18.1 Å². The fourth-order valence-corrected chi connectivity index (χ4v) is 5.02. The number of ether oxygens (including phenoxy) is 1. The molecule has 0 N–H and O–H groups in total. The lowest BCUT2D eigenvalue weighted by Gasteiger charge is -2.28. The molecule has 0 saturated carbocycles. The van der Waals surface area contributed by atoms with Gasteiger partial charge in [-0.05, 0) is 47.9 Å². The SMILES string of the molecule is O=C1C(=Cc2cccc(F)c2)SC(c2cccc(F)c2)N1CCCN1CCOCC1. The average Bonchev–Trinajstić information content (AvgIpc) is 3.04. The van der Waals surface area contributed by atoms with Crippen molar-refractivity contribution in [2.45, 2.75) is 11.8 Å². The summed E-state index contributed by atoms with van der Waals surface area (Å²) >= 11 is 1.39. The molecular weight excluding hydrogens is 406 g/mol. The Hall–Kier alpha value is -2.22. The van der Waals surface area contributed by atoms with E-state index in [1.807, 2.05) is 6.07 Å². The van der Waals surface area contributed by atoms with Gasteiger partial charge in [0, 0.05) is 26.2 Å². The summed E-state index contributed by atoms with van der Waals surface area (Å²) in [6.45, 7) is 4.75. The van der Waals surface area contributed by atoms with E-state index in [0.29, 0.717) is 17.0 Å². The maximum atomic E-state index is 13.8. The van der Waals surface area contributed by atoms with Crippen LogP contribution in [-0.2, 0) is 9.53 Å². The van der Waals surface area contributed by atoms with E-state index >= 15 is 0 Å². The van der Waals surface area contributed by atoms with Gasteiger partial charge in [0.15, 0.2) is 0 Å². The second-order valence-corrected chi connectivity index (χ2v) is 8.52. The first-order valence-corrected chi connectivity index (χ1v) is 11.0. The molecular formula is C23H24F2N2O2S. The van der Waals surface area contributed by atoms with E-state index in [-0.39, 0.29) is 22.9 Å². The van der Waals surface area contributed by atoms with Crippen LogP contribution in [-0.4, -0.2) is 55.1 Å². The van der Waals surface area contributed by atoms with Crippen molar-refractivity contribution in [1.29, 1.82) is 0 Å². The number of benzene rings is 2. The van der Waals surface area contributed by atoms with Crippen molar-refractivity contribution in [3.63, 3.8) is 0 Å². The monoisotopic (exact) mass is 430 g/mol. The van der Waals surface area contributed by atoms with Crippen LogP contribution < -0.4 is 0 Å². The Morgan fingerprint density at radius 2 is 1.77 bits per heavy atom. The number of hydrogen-bond donors (Lipinski definition) is 0. The fraction of sp³-hybridized carbons (Fsp3) is 0.348. The quantitative estimate of drug-likeness (QED) is 0.640. The Bertz CT molecular complexity index is 931. The van der Waals surface area contributed by atoms with Crippen molar-refractivity contribution in [3.05, 3.63) is 76.2 Å². The van der Waals surface area contributed by atoms with Gasteiger partial charge in [-0.2, -0.15) is 0 Å². The van der Waals surface area contributed by atoms with Crippen molar-refractivity contribution in [3.8, 4) is 0 Å². The smallest absolute Gasteiger partial charge is 0.261 e. The number of carbonyl (C=O) groups is 1. The highest BCUT2D eigenvalue weighted by molar-refractivity contribution is 8.04. The molecule has 1 unspecified atom stereocenters. The zero-order valence-electron chi connectivity index (χ0n) is 16.6. The van der Waals surface area contributed by atoms with Gasteiger partial charge in [-0.3, -0.25) is 9.69 Å². The van der Waals surface area contributed by atoms with E-state index in [2.05, 4.69) is 4.90 Å². The van der Waals surface area contributed by atoms with Crippen LogP contribution in [0.3, 0.4) is 0 Å². The zero-order chi connectivity index (χ0) is 20.9. The van der Waals surface area contributed by atoms with Gasteiger partial charge >= 0.3 is 0 Å². The van der Waals surface area contributed by atoms with Crippen LogP contribution in [0, 0.1) is 11.6 Å². The molecule has 0 radical (unpaired) electrons. The standard InChI is InChI=1S/C23H24F2N2O2S/c24-19-6-1-4-17(14-19)15-21-22(28)27(9-3-8-26-10-12-29-13-11-26)23(30-21)18-5-2-7-20(25)16-18/h1-2,4-7,14-16,23H,3,8-13H2. The highest BCUT2D eigenvalue weighted by Crippen LogP contribution is 2.46. The van der Waals surface area contributed by atoms with Crippen LogP contribution in [0.15, 0.2) is 53.4 Å². The molecule has 4 rings (SSSR count). The lowest BCUT2D eigenvalue weighted by molar-refractivity contribution is -0.126. The third kappa shape index (κ3) is 5.09. The largest absolute Gasteiger partial charge is 0.379 e. The molecule has 0 aromatic heterocycles. The minimum atomic E-state index is -0.344. The first kappa shape index (κ1) is 21.0.